The molecule has 0 aliphatic heterocycles. The van der Waals surface area contributed by atoms with Gasteiger partial charge in [-0.15, -0.1) is 0 Å². The Morgan fingerprint density at radius 2 is 2.18 bits per heavy atom. The van der Waals surface area contributed by atoms with Gasteiger partial charge in [-0.2, -0.15) is 0 Å². The third kappa shape index (κ3) is 4.92. The molecule has 1 atom stereocenters. The molecule has 1 rings (SSSR count). The molecule has 1 heterocycles. The third-order valence-corrected chi connectivity index (χ3v) is 3.11. The fourth-order valence-corrected chi connectivity index (χ4v) is 2.16. The first-order valence-electron chi connectivity index (χ1n) is 6.78. The molecule has 3 heteroatoms. The zero-order valence-corrected chi connectivity index (χ0v) is 11.4. The summed E-state index contributed by atoms with van der Waals surface area (Å²) in [6.07, 6.45) is 4.22. The molecule has 1 N–H and O–H groups in total. The summed E-state index contributed by atoms with van der Waals surface area (Å²) in [5.41, 5.74) is 0. The summed E-state index contributed by atoms with van der Waals surface area (Å²) in [4.78, 5) is 2.49. The quantitative estimate of drug-likeness (QED) is 0.717. The van der Waals surface area contributed by atoms with E-state index < -0.39 is 0 Å². The first-order chi connectivity index (χ1) is 8.31. The van der Waals surface area contributed by atoms with Gasteiger partial charge < -0.3 is 9.73 Å². The van der Waals surface area contributed by atoms with Gasteiger partial charge in [-0.1, -0.05) is 27.2 Å². The summed E-state index contributed by atoms with van der Waals surface area (Å²) < 4.78 is 5.44. The molecule has 0 aromatic carbocycles. The molecule has 1 aromatic heterocycles. The van der Waals surface area contributed by atoms with Crippen LogP contribution in [-0.2, 0) is 6.54 Å². The summed E-state index contributed by atoms with van der Waals surface area (Å²) >= 11 is 0. The summed E-state index contributed by atoms with van der Waals surface area (Å²) in [5, 5.41) is 3.46. The second-order valence-corrected chi connectivity index (χ2v) is 4.39. The van der Waals surface area contributed by atoms with Crippen molar-refractivity contribution < 1.29 is 4.42 Å². The average molecular weight is 238 g/mol. The number of hydrogen-bond donors (Lipinski definition) is 1. The van der Waals surface area contributed by atoms with Crippen molar-refractivity contribution in [3.63, 3.8) is 0 Å². The number of nitrogens with one attached hydrogen (secondary N) is 1. The number of furan rings is 1. The van der Waals surface area contributed by atoms with Crippen molar-refractivity contribution >= 4 is 0 Å². The highest BCUT2D eigenvalue weighted by Crippen LogP contribution is 2.12. The van der Waals surface area contributed by atoms with Crippen LogP contribution in [0.3, 0.4) is 0 Å². The Bertz CT molecular complexity index is 272. The minimum atomic E-state index is 0.607. The predicted octanol–water partition coefficient (Wildman–Crippen LogP) is 2.88. The van der Waals surface area contributed by atoms with E-state index in [9.17, 15) is 0 Å². The van der Waals surface area contributed by atoms with Crippen molar-refractivity contribution in [2.45, 2.75) is 46.2 Å². The van der Waals surface area contributed by atoms with Gasteiger partial charge in [0.2, 0.25) is 0 Å². The molecule has 0 bridgehead atoms. The Morgan fingerprint density at radius 3 is 2.71 bits per heavy atom. The van der Waals surface area contributed by atoms with Crippen LogP contribution in [0.5, 0.6) is 0 Å². The number of nitrogens with zero attached hydrogens (tertiary/aromatic N) is 1. The minimum absolute atomic E-state index is 0.607. The van der Waals surface area contributed by atoms with Gasteiger partial charge in [-0.25, -0.2) is 0 Å². The molecule has 17 heavy (non-hydrogen) atoms. The lowest BCUT2D eigenvalue weighted by Crippen LogP contribution is -2.41. The first kappa shape index (κ1) is 14.3. The maximum absolute atomic E-state index is 5.44. The Balaban J connectivity index is 2.53. The predicted molar refractivity (Wildman–Crippen MR) is 72.0 cm³/mol. The van der Waals surface area contributed by atoms with E-state index in [-0.39, 0.29) is 0 Å². The lowest BCUT2D eigenvalue weighted by Gasteiger charge is -2.30. The van der Waals surface area contributed by atoms with Gasteiger partial charge in [0.05, 0.1) is 12.8 Å². The standard InChI is InChI=1S/C14H26N2O/c1-4-8-13(11-15-5-2)16(6-3)12-14-9-7-10-17-14/h7,9-10,13,15H,4-6,8,11-12H2,1-3H3. The van der Waals surface area contributed by atoms with Crippen molar-refractivity contribution in [2.24, 2.45) is 0 Å². The first-order valence-corrected chi connectivity index (χ1v) is 6.78. The van der Waals surface area contributed by atoms with Crippen molar-refractivity contribution in [2.75, 3.05) is 19.6 Å². The molecule has 1 aromatic rings. The van der Waals surface area contributed by atoms with E-state index in [0.29, 0.717) is 6.04 Å². The summed E-state index contributed by atoms with van der Waals surface area (Å²) in [6, 6.07) is 4.62. The van der Waals surface area contributed by atoms with E-state index in [0.717, 1.165) is 31.9 Å². The van der Waals surface area contributed by atoms with Crippen LogP contribution < -0.4 is 5.32 Å². The van der Waals surface area contributed by atoms with E-state index in [2.05, 4.69) is 37.1 Å². The molecular formula is C14H26N2O. The van der Waals surface area contributed by atoms with E-state index in [4.69, 9.17) is 4.42 Å². The van der Waals surface area contributed by atoms with Gasteiger partial charge in [-0.05, 0) is 31.6 Å². The maximum atomic E-state index is 5.44. The highest BCUT2D eigenvalue weighted by atomic mass is 16.3. The van der Waals surface area contributed by atoms with Gasteiger partial charge in [-0.3, -0.25) is 4.90 Å². The normalized spacial score (nSPS) is 13.2. The van der Waals surface area contributed by atoms with Gasteiger partial charge in [0.1, 0.15) is 5.76 Å². The van der Waals surface area contributed by atoms with Gasteiger partial charge >= 0.3 is 0 Å². The number of rotatable bonds is 9. The number of hydrogen-bond acceptors (Lipinski definition) is 3. The van der Waals surface area contributed by atoms with Crippen LogP contribution >= 0.6 is 0 Å². The molecule has 0 aliphatic carbocycles. The lowest BCUT2D eigenvalue weighted by molar-refractivity contribution is 0.170. The van der Waals surface area contributed by atoms with Crippen LogP contribution in [0.2, 0.25) is 0 Å². The third-order valence-electron chi connectivity index (χ3n) is 3.11. The average Bonchev–Trinajstić information content (AvgIpc) is 2.84. The van der Waals surface area contributed by atoms with Gasteiger partial charge in [0, 0.05) is 12.6 Å². The zero-order valence-electron chi connectivity index (χ0n) is 11.4. The topological polar surface area (TPSA) is 28.4 Å². The summed E-state index contributed by atoms with van der Waals surface area (Å²) in [5.74, 6) is 1.06. The molecule has 98 valence electrons. The molecule has 0 fully saturated rings. The van der Waals surface area contributed by atoms with Crippen molar-refractivity contribution in [3.05, 3.63) is 24.2 Å². The molecule has 0 spiro atoms. The molecular weight excluding hydrogens is 212 g/mol. The molecule has 1 unspecified atom stereocenters. The summed E-state index contributed by atoms with van der Waals surface area (Å²) in [6.45, 7) is 10.7. The maximum Gasteiger partial charge on any atom is 0.117 e. The van der Waals surface area contributed by atoms with E-state index >= 15 is 0 Å². The van der Waals surface area contributed by atoms with Crippen LogP contribution in [0.1, 0.15) is 39.4 Å². The van der Waals surface area contributed by atoms with E-state index in [1.807, 2.05) is 6.07 Å². The van der Waals surface area contributed by atoms with Gasteiger partial charge in [0.25, 0.3) is 0 Å². The van der Waals surface area contributed by atoms with Crippen LogP contribution in [0.15, 0.2) is 22.8 Å². The van der Waals surface area contributed by atoms with E-state index in [1.165, 1.54) is 12.8 Å². The fraction of sp³-hybridized carbons (Fsp3) is 0.714. The molecule has 0 radical (unpaired) electrons. The minimum Gasteiger partial charge on any atom is -0.468 e. The second-order valence-electron chi connectivity index (χ2n) is 4.39. The SMILES string of the molecule is CCCC(CNCC)N(CC)Cc1ccco1. The summed E-state index contributed by atoms with van der Waals surface area (Å²) in [7, 11) is 0. The van der Waals surface area contributed by atoms with Crippen molar-refractivity contribution in [1.29, 1.82) is 0 Å². The Labute approximate surface area is 105 Å². The molecule has 0 amide bonds. The lowest BCUT2D eigenvalue weighted by atomic mass is 10.1. The van der Waals surface area contributed by atoms with Crippen LogP contribution in [0.25, 0.3) is 0 Å². The monoisotopic (exact) mass is 238 g/mol. The Morgan fingerprint density at radius 1 is 1.35 bits per heavy atom. The highest BCUT2D eigenvalue weighted by molar-refractivity contribution is 4.98. The van der Waals surface area contributed by atoms with Crippen molar-refractivity contribution in [3.8, 4) is 0 Å². The number of likely N-dealkylation sites (N-methyl/N-ethyl adjacent to an activating group) is 2. The van der Waals surface area contributed by atoms with Crippen LogP contribution in [0.4, 0.5) is 0 Å². The largest absolute Gasteiger partial charge is 0.468 e. The Hall–Kier alpha value is -0.800. The Kier molecular flexibility index (Phi) is 6.97. The second kappa shape index (κ2) is 8.31. The van der Waals surface area contributed by atoms with E-state index in [1.54, 1.807) is 6.26 Å². The highest BCUT2D eigenvalue weighted by Gasteiger charge is 2.16. The zero-order chi connectivity index (χ0) is 12.5. The molecule has 0 aliphatic rings. The van der Waals surface area contributed by atoms with Crippen LogP contribution in [-0.4, -0.2) is 30.6 Å². The van der Waals surface area contributed by atoms with Crippen LogP contribution in [0, 0.1) is 0 Å². The molecule has 0 saturated heterocycles. The molecule has 3 nitrogen and oxygen atoms in total. The van der Waals surface area contributed by atoms with Crippen molar-refractivity contribution in [1.82, 2.24) is 10.2 Å². The fourth-order valence-electron chi connectivity index (χ4n) is 2.16. The molecule has 0 saturated carbocycles. The smallest absolute Gasteiger partial charge is 0.117 e. The van der Waals surface area contributed by atoms with Gasteiger partial charge in [0.15, 0.2) is 0 Å².